The predicted octanol–water partition coefficient (Wildman–Crippen LogP) is 4.50. The number of Topliss-reactive ketones (excluding diaryl/α,β-unsaturated/α-hetero) is 1. The molecular formula is C24H23NO3. The summed E-state index contributed by atoms with van der Waals surface area (Å²) in [7, 11) is 0. The Bertz CT molecular complexity index is 864. The van der Waals surface area contributed by atoms with Gasteiger partial charge in [-0.2, -0.15) is 0 Å². The van der Waals surface area contributed by atoms with Gasteiger partial charge < -0.3 is 9.64 Å². The first-order valence-corrected chi connectivity index (χ1v) is 9.21. The van der Waals surface area contributed by atoms with Crippen molar-refractivity contribution >= 4 is 11.7 Å². The smallest absolute Gasteiger partial charge is 0.261 e. The highest BCUT2D eigenvalue weighted by atomic mass is 16.5. The van der Waals surface area contributed by atoms with E-state index in [1.165, 1.54) is 6.92 Å². The molecule has 0 saturated heterocycles. The zero-order valence-electron chi connectivity index (χ0n) is 15.9. The average molecular weight is 373 g/mol. The molecule has 0 heterocycles. The van der Waals surface area contributed by atoms with Crippen LogP contribution >= 0.6 is 0 Å². The molecule has 0 saturated carbocycles. The summed E-state index contributed by atoms with van der Waals surface area (Å²) >= 11 is 0. The van der Waals surface area contributed by atoms with Crippen LogP contribution in [0.4, 0.5) is 0 Å². The summed E-state index contributed by atoms with van der Waals surface area (Å²) in [5.74, 6) is 0.473. The van der Waals surface area contributed by atoms with Crippen LogP contribution < -0.4 is 4.74 Å². The Morgan fingerprint density at radius 2 is 1.25 bits per heavy atom. The Morgan fingerprint density at radius 3 is 1.71 bits per heavy atom. The second-order valence-corrected chi connectivity index (χ2v) is 6.59. The number of ether oxygens (including phenoxy) is 1. The Labute approximate surface area is 165 Å². The number of nitrogens with zero attached hydrogens (tertiary/aromatic N) is 1. The fourth-order valence-electron chi connectivity index (χ4n) is 2.86. The van der Waals surface area contributed by atoms with Gasteiger partial charge in [-0.3, -0.25) is 9.59 Å². The third-order valence-corrected chi connectivity index (χ3v) is 4.41. The predicted molar refractivity (Wildman–Crippen MR) is 109 cm³/mol. The molecule has 0 aliphatic carbocycles. The van der Waals surface area contributed by atoms with Crippen molar-refractivity contribution in [1.82, 2.24) is 4.90 Å². The van der Waals surface area contributed by atoms with Crippen molar-refractivity contribution in [2.75, 3.05) is 6.61 Å². The van der Waals surface area contributed by atoms with E-state index < -0.39 is 0 Å². The third-order valence-electron chi connectivity index (χ3n) is 4.41. The van der Waals surface area contributed by atoms with Crippen LogP contribution in [0.1, 0.15) is 28.4 Å². The van der Waals surface area contributed by atoms with Gasteiger partial charge in [0.1, 0.15) is 5.75 Å². The zero-order chi connectivity index (χ0) is 19.8. The number of rotatable bonds is 8. The topological polar surface area (TPSA) is 46.6 Å². The van der Waals surface area contributed by atoms with E-state index in [0.29, 0.717) is 24.4 Å². The van der Waals surface area contributed by atoms with E-state index in [9.17, 15) is 9.59 Å². The van der Waals surface area contributed by atoms with Crippen molar-refractivity contribution in [2.45, 2.75) is 20.0 Å². The second-order valence-electron chi connectivity index (χ2n) is 6.59. The number of benzene rings is 3. The summed E-state index contributed by atoms with van der Waals surface area (Å²) in [5.41, 5.74) is 2.75. The molecule has 0 fully saturated rings. The fourth-order valence-corrected chi connectivity index (χ4v) is 2.86. The highest BCUT2D eigenvalue weighted by Crippen LogP contribution is 2.14. The Kier molecular flexibility index (Phi) is 6.58. The Hall–Kier alpha value is -3.40. The van der Waals surface area contributed by atoms with E-state index in [1.54, 1.807) is 29.2 Å². The van der Waals surface area contributed by atoms with Crippen LogP contribution in [0.5, 0.6) is 5.75 Å². The van der Waals surface area contributed by atoms with Gasteiger partial charge in [0.25, 0.3) is 5.91 Å². The molecule has 0 unspecified atom stereocenters. The first-order chi connectivity index (χ1) is 13.6. The maximum atomic E-state index is 12.8. The molecule has 4 nitrogen and oxygen atoms in total. The number of amides is 1. The number of ketones is 1. The van der Waals surface area contributed by atoms with Gasteiger partial charge in [-0.05, 0) is 42.3 Å². The molecule has 4 heteroatoms. The molecule has 28 heavy (non-hydrogen) atoms. The molecule has 3 rings (SSSR count). The average Bonchev–Trinajstić information content (AvgIpc) is 2.73. The van der Waals surface area contributed by atoms with Crippen LogP contribution in [0.15, 0.2) is 84.9 Å². The van der Waals surface area contributed by atoms with Crippen molar-refractivity contribution in [3.05, 3.63) is 102 Å². The lowest BCUT2D eigenvalue weighted by Gasteiger charge is -2.23. The molecule has 0 radical (unpaired) electrons. The lowest BCUT2D eigenvalue weighted by atomic mass is 10.1. The van der Waals surface area contributed by atoms with Gasteiger partial charge in [-0.25, -0.2) is 0 Å². The fraction of sp³-hybridized carbons (Fsp3) is 0.167. The van der Waals surface area contributed by atoms with Gasteiger partial charge >= 0.3 is 0 Å². The molecule has 0 spiro atoms. The molecule has 3 aromatic carbocycles. The first kappa shape index (κ1) is 19.4. The van der Waals surface area contributed by atoms with E-state index in [0.717, 1.165) is 11.1 Å². The molecular weight excluding hydrogens is 350 g/mol. The minimum atomic E-state index is -0.0941. The van der Waals surface area contributed by atoms with Gasteiger partial charge in [0.05, 0.1) is 0 Å². The molecule has 1 amide bonds. The summed E-state index contributed by atoms with van der Waals surface area (Å²) < 4.78 is 5.66. The molecule has 0 aliphatic rings. The number of carbonyl (C=O) groups excluding carboxylic acids is 2. The molecule has 0 aliphatic heterocycles. The SMILES string of the molecule is CC(=O)c1ccc(OCC(=O)N(Cc2ccccc2)Cc2ccccc2)cc1. The second kappa shape index (κ2) is 9.51. The first-order valence-electron chi connectivity index (χ1n) is 9.21. The normalized spacial score (nSPS) is 10.3. The van der Waals surface area contributed by atoms with Gasteiger partial charge in [-0.1, -0.05) is 60.7 Å². The summed E-state index contributed by atoms with van der Waals surface area (Å²) in [6.45, 7) is 2.49. The largest absolute Gasteiger partial charge is 0.484 e. The minimum Gasteiger partial charge on any atom is -0.484 e. The maximum Gasteiger partial charge on any atom is 0.261 e. The highest BCUT2D eigenvalue weighted by Gasteiger charge is 2.15. The molecule has 142 valence electrons. The maximum absolute atomic E-state index is 12.8. The number of hydrogen-bond donors (Lipinski definition) is 0. The van der Waals surface area contributed by atoms with Crippen LogP contribution in [0.2, 0.25) is 0 Å². The standard InChI is InChI=1S/C24H23NO3/c1-19(26)22-12-14-23(15-13-22)28-18-24(27)25(16-20-8-4-2-5-9-20)17-21-10-6-3-7-11-21/h2-15H,16-18H2,1H3. The molecule has 0 aromatic heterocycles. The molecule has 0 N–H and O–H groups in total. The van der Waals surface area contributed by atoms with Crippen LogP contribution in [-0.2, 0) is 17.9 Å². The lowest BCUT2D eigenvalue weighted by Crippen LogP contribution is -2.34. The minimum absolute atomic E-state index is 0.000441. The van der Waals surface area contributed by atoms with E-state index >= 15 is 0 Å². The molecule has 3 aromatic rings. The van der Waals surface area contributed by atoms with Crippen molar-refractivity contribution in [1.29, 1.82) is 0 Å². The quantitative estimate of drug-likeness (QED) is 0.546. The number of carbonyl (C=O) groups is 2. The zero-order valence-corrected chi connectivity index (χ0v) is 15.9. The van der Waals surface area contributed by atoms with E-state index in [2.05, 4.69) is 0 Å². The van der Waals surface area contributed by atoms with Gasteiger partial charge in [0.15, 0.2) is 12.4 Å². The lowest BCUT2D eigenvalue weighted by molar-refractivity contribution is -0.134. The van der Waals surface area contributed by atoms with Crippen LogP contribution in [0.3, 0.4) is 0 Å². The summed E-state index contributed by atoms with van der Waals surface area (Å²) in [6, 6.07) is 26.6. The van der Waals surface area contributed by atoms with Gasteiger partial charge in [-0.15, -0.1) is 0 Å². The molecule has 0 bridgehead atoms. The summed E-state index contributed by atoms with van der Waals surface area (Å²) in [4.78, 5) is 26.0. The van der Waals surface area contributed by atoms with Crippen molar-refractivity contribution in [3.63, 3.8) is 0 Å². The van der Waals surface area contributed by atoms with Crippen LogP contribution in [0.25, 0.3) is 0 Å². The third kappa shape index (κ3) is 5.55. The summed E-state index contributed by atoms with van der Waals surface area (Å²) in [6.07, 6.45) is 0. The van der Waals surface area contributed by atoms with Gasteiger partial charge in [0.2, 0.25) is 0 Å². The van der Waals surface area contributed by atoms with Gasteiger partial charge in [0, 0.05) is 18.7 Å². The van der Waals surface area contributed by atoms with Crippen molar-refractivity contribution < 1.29 is 14.3 Å². The van der Waals surface area contributed by atoms with E-state index in [4.69, 9.17) is 4.74 Å². The number of hydrogen-bond acceptors (Lipinski definition) is 3. The van der Waals surface area contributed by atoms with E-state index in [-0.39, 0.29) is 18.3 Å². The Morgan fingerprint density at radius 1 is 0.750 bits per heavy atom. The molecule has 0 atom stereocenters. The monoisotopic (exact) mass is 373 g/mol. The van der Waals surface area contributed by atoms with Crippen LogP contribution in [-0.4, -0.2) is 23.2 Å². The van der Waals surface area contributed by atoms with Crippen LogP contribution in [0, 0.1) is 0 Å². The van der Waals surface area contributed by atoms with E-state index in [1.807, 2.05) is 60.7 Å². The Balaban J connectivity index is 1.67. The van der Waals surface area contributed by atoms with Crippen molar-refractivity contribution in [3.8, 4) is 5.75 Å². The van der Waals surface area contributed by atoms with Crippen molar-refractivity contribution in [2.24, 2.45) is 0 Å². The summed E-state index contributed by atoms with van der Waals surface area (Å²) in [5, 5.41) is 0. The highest BCUT2D eigenvalue weighted by molar-refractivity contribution is 5.94.